The molecule has 3 unspecified atom stereocenters. The zero-order chi connectivity index (χ0) is 33.7. The van der Waals surface area contributed by atoms with Crippen LogP contribution in [0, 0.1) is 0 Å². The van der Waals surface area contributed by atoms with E-state index in [1.54, 1.807) is 35.0 Å². The average molecular weight is 622 g/mol. The van der Waals surface area contributed by atoms with Gasteiger partial charge in [-0.2, -0.15) is 0 Å². The first-order valence-corrected chi connectivity index (χ1v) is 14.2. The van der Waals surface area contributed by atoms with Crippen molar-refractivity contribution in [2.75, 3.05) is 19.6 Å². The average Bonchev–Trinajstić information content (AvgIpc) is 2.92. The van der Waals surface area contributed by atoms with E-state index in [4.69, 9.17) is 17.3 Å². The molecule has 0 rings (SSSR count). The van der Waals surface area contributed by atoms with Crippen LogP contribution in [0.2, 0.25) is 6.82 Å². The quantitative estimate of drug-likeness (QED) is 0.0337. The molecule has 244 valence electrons. The molecule has 0 aliphatic heterocycles. The number of unbranched alkanes of at least 4 members (excludes halogenated alkanes) is 1. The second-order valence-corrected chi connectivity index (χ2v) is 10.7. The van der Waals surface area contributed by atoms with E-state index in [-0.39, 0.29) is 25.8 Å². The molecule has 0 saturated carbocycles. The van der Waals surface area contributed by atoms with E-state index in [0.717, 1.165) is 0 Å². The monoisotopic (exact) mass is 622 g/mol. The standard InChI is InChI=1S/C26H44B2N6O10/c1-26(2,3)44-22(39)14-30-23(40)17(8-10-19(35)33-18(25(42)43)9-11-21(37)38)34-24(41)16(7-5-6-12-29-15-27)32-20(36)13-31-28-4/h15-18,29,31H,5-14H2,1-4H3,(H,30,40)(H,32,36)(H,33,35)(H,34,41)(H,37,38)(H,42,43). The van der Waals surface area contributed by atoms with Crippen LogP contribution in [0.15, 0.2) is 0 Å². The summed E-state index contributed by atoms with van der Waals surface area (Å²) in [6.45, 7) is 6.50. The third-order valence-corrected chi connectivity index (χ3v) is 5.70. The minimum atomic E-state index is -1.48. The maximum atomic E-state index is 13.3. The van der Waals surface area contributed by atoms with Gasteiger partial charge in [-0.1, -0.05) is 6.82 Å². The number of carboxylic acids is 2. The Labute approximate surface area is 258 Å². The summed E-state index contributed by atoms with van der Waals surface area (Å²) >= 11 is 0. The number of amides is 4. The minimum absolute atomic E-state index is 0.101. The Morgan fingerprint density at radius 3 is 2.00 bits per heavy atom. The molecule has 0 aliphatic carbocycles. The molecule has 4 amide bonds. The molecule has 0 bridgehead atoms. The van der Waals surface area contributed by atoms with Crippen LogP contribution in [0.5, 0.6) is 0 Å². The van der Waals surface area contributed by atoms with Crippen LogP contribution in [0.1, 0.15) is 65.7 Å². The van der Waals surface area contributed by atoms with Gasteiger partial charge in [0.2, 0.25) is 5.91 Å². The number of carbonyl (C=O) groups excluding carboxylic acids is 5. The zero-order valence-corrected chi connectivity index (χ0v) is 25.7. The second-order valence-electron chi connectivity index (χ2n) is 10.7. The fourth-order valence-corrected chi connectivity index (χ4v) is 3.64. The summed E-state index contributed by atoms with van der Waals surface area (Å²) in [5.41, 5.74) is -0.817. The SMILES string of the molecule is [B]=CNCCCCC(NC(=O)CN[B]C)C(=O)NC(CCC(=O)NC(CCC(=O)O)C(=O)O)C(=O)NCC(=O)OC(C)(C)C. The van der Waals surface area contributed by atoms with Crippen LogP contribution in [0.25, 0.3) is 0 Å². The first-order chi connectivity index (χ1) is 20.6. The molecule has 0 saturated heterocycles. The first kappa shape index (κ1) is 40.0. The van der Waals surface area contributed by atoms with E-state index >= 15 is 0 Å². The van der Waals surface area contributed by atoms with Crippen molar-refractivity contribution in [2.24, 2.45) is 0 Å². The van der Waals surface area contributed by atoms with E-state index in [9.17, 15) is 38.7 Å². The normalized spacial score (nSPS) is 12.8. The molecule has 8 N–H and O–H groups in total. The van der Waals surface area contributed by atoms with Crippen LogP contribution in [-0.4, -0.2) is 116 Å². The Hall–Kier alpha value is -3.95. The molecule has 0 heterocycles. The minimum Gasteiger partial charge on any atom is -0.459 e. The molecule has 16 nitrogen and oxygen atoms in total. The summed E-state index contributed by atoms with van der Waals surface area (Å²) in [6.07, 6.45) is 0.984. The van der Waals surface area contributed by atoms with Gasteiger partial charge in [-0.25, -0.2) is 4.79 Å². The summed E-state index contributed by atoms with van der Waals surface area (Å²) in [7, 11) is 6.84. The molecular formula is C26H44B2N6O10. The predicted octanol–water partition coefficient (Wildman–Crippen LogP) is -2.43. The number of hydrogen-bond donors (Lipinski definition) is 8. The van der Waals surface area contributed by atoms with Gasteiger partial charge < -0.3 is 20.3 Å². The van der Waals surface area contributed by atoms with Crippen molar-refractivity contribution >= 4 is 62.5 Å². The van der Waals surface area contributed by atoms with Gasteiger partial charge in [-0.05, 0) is 27.2 Å². The summed E-state index contributed by atoms with van der Waals surface area (Å²) in [5, 5.41) is 33.3. The fourth-order valence-electron chi connectivity index (χ4n) is 3.64. The first-order valence-electron chi connectivity index (χ1n) is 14.2. The molecule has 18 heteroatoms. The molecule has 0 fully saturated rings. The van der Waals surface area contributed by atoms with E-state index in [0.29, 0.717) is 19.4 Å². The van der Waals surface area contributed by atoms with Crippen molar-refractivity contribution in [1.82, 2.24) is 31.8 Å². The van der Waals surface area contributed by atoms with E-state index in [1.165, 1.54) is 6.09 Å². The van der Waals surface area contributed by atoms with E-state index in [1.807, 2.05) is 0 Å². The smallest absolute Gasteiger partial charge is 0.459 e. The van der Waals surface area contributed by atoms with Crippen LogP contribution in [-0.2, 0) is 38.3 Å². The number of aliphatic carboxylic acids is 2. The van der Waals surface area contributed by atoms with Crippen LogP contribution < -0.4 is 31.8 Å². The van der Waals surface area contributed by atoms with Gasteiger partial charge in [-0.3, -0.25) is 14.4 Å². The topological polar surface area (TPSA) is 241 Å². The van der Waals surface area contributed by atoms with Gasteiger partial charge in [-0.15, -0.1) is 0 Å². The number of carbonyl (C=O) groups is 7. The summed E-state index contributed by atoms with van der Waals surface area (Å²) < 4.78 is 5.17. The molecule has 44 heavy (non-hydrogen) atoms. The van der Waals surface area contributed by atoms with Gasteiger partial charge in [0.1, 0.15) is 18.2 Å². The third kappa shape index (κ3) is 20.0. The molecule has 0 aliphatic rings. The second kappa shape index (κ2) is 21.7. The summed E-state index contributed by atoms with van der Waals surface area (Å²) in [6, 6.07) is -3.90. The van der Waals surface area contributed by atoms with Crippen molar-refractivity contribution in [3.05, 3.63) is 0 Å². The molecule has 2 radical (unpaired) electrons. The van der Waals surface area contributed by atoms with Crippen LogP contribution in [0.4, 0.5) is 0 Å². The fraction of sp³-hybridized carbons (Fsp3) is 0.692. The molecule has 3 atom stereocenters. The van der Waals surface area contributed by atoms with Gasteiger partial charge in [0.05, 0.1) is 0 Å². The Kier molecular flexibility index (Phi) is 19.7. The van der Waals surface area contributed by atoms with Crippen LogP contribution >= 0.6 is 0 Å². The third-order valence-electron chi connectivity index (χ3n) is 5.70. The molecule has 0 aromatic rings. The zero-order valence-electron chi connectivity index (χ0n) is 25.7. The van der Waals surface area contributed by atoms with Gasteiger partial charge in [0, 0.05) is 6.42 Å². The van der Waals surface area contributed by atoms with Crippen molar-refractivity contribution in [3.63, 3.8) is 0 Å². The molecule has 0 spiro atoms. The Morgan fingerprint density at radius 2 is 1.43 bits per heavy atom. The molecule has 0 aromatic carbocycles. The van der Waals surface area contributed by atoms with Crippen molar-refractivity contribution in [1.29, 1.82) is 0 Å². The van der Waals surface area contributed by atoms with Gasteiger partial charge >= 0.3 is 155 Å². The summed E-state index contributed by atoms with van der Waals surface area (Å²) in [5.74, 6) is -6.26. The number of rotatable bonds is 23. The predicted molar refractivity (Wildman–Crippen MR) is 162 cm³/mol. The molecule has 0 aromatic heterocycles. The number of ether oxygens (including phenoxy) is 1. The van der Waals surface area contributed by atoms with Gasteiger partial charge in [0.15, 0.2) is 0 Å². The summed E-state index contributed by atoms with van der Waals surface area (Å²) in [4.78, 5) is 85.6. The Balaban J connectivity index is 5.70. The Morgan fingerprint density at radius 1 is 0.818 bits per heavy atom. The van der Waals surface area contributed by atoms with Crippen molar-refractivity contribution in [2.45, 2.75) is 96.3 Å². The number of hydrogen-bond acceptors (Lipinski definition) is 10. The van der Waals surface area contributed by atoms with Gasteiger partial charge in [0.25, 0.3) is 0 Å². The van der Waals surface area contributed by atoms with E-state index < -0.39 is 84.6 Å². The number of esters is 1. The van der Waals surface area contributed by atoms with Crippen molar-refractivity contribution in [3.8, 4) is 0 Å². The van der Waals surface area contributed by atoms with E-state index in [2.05, 4.69) is 31.8 Å². The van der Waals surface area contributed by atoms with Crippen LogP contribution in [0.3, 0.4) is 0 Å². The number of nitrogens with one attached hydrogen (secondary N) is 6. The van der Waals surface area contributed by atoms with Crippen molar-refractivity contribution < 1.29 is 48.5 Å². The Bertz CT molecular complexity index is 1010. The maximum absolute atomic E-state index is 13.3. The molecular weight excluding hydrogens is 578 g/mol. The number of carboxylic acid groups (broad SMARTS) is 2.